The summed E-state index contributed by atoms with van der Waals surface area (Å²) in [7, 11) is 0. The lowest BCUT2D eigenvalue weighted by atomic mass is 10.0. The highest BCUT2D eigenvalue weighted by Crippen LogP contribution is 2.33. The second-order valence-corrected chi connectivity index (χ2v) is 6.11. The number of aryl methyl sites for hydroxylation is 1. The maximum absolute atomic E-state index is 5.38. The van der Waals surface area contributed by atoms with Crippen molar-refractivity contribution >= 4 is 15.9 Å². The van der Waals surface area contributed by atoms with Crippen molar-refractivity contribution in [3.05, 3.63) is 94.9 Å². The minimum Gasteiger partial charge on any atom is -0.469 e. The fraction of sp³-hybridized carbons (Fsp3) is 0.158. The third-order valence-electron chi connectivity index (χ3n) is 3.70. The Labute approximate surface area is 133 Å². The van der Waals surface area contributed by atoms with Gasteiger partial charge >= 0.3 is 0 Å². The van der Waals surface area contributed by atoms with Gasteiger partial charge in [0.2, 0.25) is 0 Å². The average molecular weight is 341 g/mol. The van der Waals surface area contributed by atoms with Crippen LogP contribution in [0.1, 0.15) is 32.8 Å². The Morgan fingerprint density at radius 1 is 0.905 bits per heavy atom. The van der Waals surface area contributed by atoms with E-state index in [1.54, 1.807) is 6.26 Å². The first kappa shape index (κ1) is 14.2. The number of furan rings is 1. The summed E-state index contributed by atoms with van der Waals surface area (Å²) in [6, 6.07) is 21.3. The molecule has 0 saturated carbocycles. The predicted molar refractivity (Wildman–Crippen MR) is 89.9 cm³/mol. The fourth-order valence-electron chi connectivity index (χ4n) is 2.47. The molecule has 1 heterocycles. The van der Waals surface area contributed by atoms with E-state index in [9.17, 15) is 0 Å². The quantitative estimate of drug-likeness (QED) is 0.558. The molecule has 1 nitrogen and oxygen atoms in total. The van der Waals surface area contributed by atoms with Crippen molar-refractivity contribution in [3.63, 3.8) is 0 Å². The fourth-order valence-corrected chi connectivity index (χ4v) is 3.25. The first-order valence-corrected chi connectivity index (χ1v) is 7.96. The maximum atomic E-state index is 5.38. The van der Waals surface area contributed by atoms with E-state index < -0.39 is 0 Å². The van der Waals surface area contributed by atoms with Crippen LogP contribution in [0.5, 0.6) is 0 Å². The smallest absolute Gasteiger partial charge is 0.105 e. The Morgan fingerprint density at radius 2 is 1.57 bits per heavy atom. The van der Waals surface area contributed by atoms with E-state index in [2.05, 4.69) is 70.5 Å². The molecule has 1 atom stereocenters. The Hall–Kier alpha value is -1.80. The van der Waals surface area contributed by atoms with E-state index in [0.717, 1.165) is 12.2 Å². The van der Waals surface area contributed by atoms with Gasteiger partial charge in [-0.15, -0.1) is 0 Å². The third kappa shape index (κ3) is 3.27. The summed E-state index contributed by atoms with van der Waals surface area (Å²) >= 11 is 3.76. The van der Waals surface area contributed by atoms with Gasteiger partial charge in [-0.2, -0.15) is 0 Å². The van der Waals surface area contributed by atoms with Crippen LogP contribution < -0.4 is 0 Å². The molecule has 0 amide bonds. The lowest BCUT2D eigenvalue weighted by Gasteiger charge is -2.10. The van der Waals surface area contributed by atoms with Crippen LogP contribution in [-0.2, 0) is 6.42 Å². The lowest BCUT2D eigenvalue weighted by Crippen LogP contribution is -1.94. The molecule has 0 spiro atoms. The summed E-state index contributed by atoms with van der Waals surface area (Å²) in [6.07, 6.45) is 2.71. The zero-order valence-corrected chi connectivity index (χ0v) is 13.5. The molecule has 1 aromatic heterocycles. The molecule has 21 heavy (non-hydrogen) atoms. The Kier molecular flexibility index (Phi) is 4.26. The monoisotopic (exact) mass is 340 g/mol. The molecule has 106 valence electrons. The van der Waals surface area contributed by atoms with Crippen LogP contribution in [-0.4, -0.2) is 0 Å². The largest absolute Gasteiger partial charge is 0.469 e. The molecule has 0 bridgehead atoms. The van der Waals surface area contributed by atoms with E-state index in [-0.39, 0.29) is 4.83 Å². The normalized spacial score (nSPS) is 12.3. The minimum atomic E-state index is 0.182. The molecule has 0 fully saturated rings. The molecule has 2 heteroatoms. The van der Waals surface area contributed by atoms with Gasteiger partial charge in [0.1, 0.15) is 5.76 Å². The van der Waals surface area contributed by atoms with Crippen LogP contribution in [0.15, 0.2) is 71.3 Å². The van der Waals surface area contributed by atoms with Crippen molar-refractivity contribution < 1.29 is 4.42 Å². The van der Waals surface area contributed by atoms with Crippen LogP contribution >= 0.6 is 15.9 Å². The van der Waals surface area contributed by atoms with Crippen LogP contribution in [0.2, 0.25) is 0 Å². The van der Waals surface area contributed by atoms with Gasteiger partial charge in [-0.3, -0.25) is 0 Å². The summed E-state index contributed by atoms with van der Waals surface area (Å²) in [5.74, 6) is 0.963. The van der Waals surface area contributed by atoms with Crippen LogP contribution in [0, 0.1) is 6.92 Å². The molecular formula is C19H17BrO. The standard InChI is InChI=1S/C19H17BrO/c1-14-18(11-12-21-14)19(20)17-9-7-16(8-10-17)13-15-5-3-2-4-6-15/h2-12,19H,13H2,1H3. The van der Waals surface area contributed by atoms with Crippen molar-refractivity contribution in [2.45, 2.75) is 18.2 Å². The molecule has 0 aliphatic rings. The molecule has 3 aromatic rings. The van der Waals surface area contributed by atoms with E-state index in [0.29, 0.717) is 0 Å². The summed E-state index contributed by atoms with van der Waals surface area (Å²) in [5.41, 5.74) is 5.10. The van der Waals surface area contributed by atoms with E-state index >= 15 is 0 Å². The highest BCUT2D eigenvalue weighted by atomic mass is 79.9. The molecule has 2 aromatic carbocycles. The summed E-state index contributed by atoms with van der Waals surface area (Å²) in [4.78, 5) is 0.182. The second-order valence-electron chi connectivity index (χ2n) is 5.20. The van der Waals surface area contributed by atoms with Crippen molar-refractivity contribution in [1.82, 2.24) is 0 Å². The maximum Gasteiger partial charge on any atom is 0.105 e. The number of hydrogen-bond acceptors (Lipinski definition) is 1. The summed E-state index contributed by atoms with van der Waals surface area (Å²) < 4.78 is 5.38. The lowest BCUT2D eigenvalue weighted by molar-refractivity contribution is 0.530. The predicted octanol–water partition coefficient (Wildman–Crippen LogP) is 5.66. The number of halogens is 1. The number of alkyl halides is 1. The van der Waals surface area contributed by atoms with Crippen LogP contribution in [0.3, 0.4) is 0 Å². The van der Waals surface area contributed by atoms with Gasteiger partial charge in [0.15, 0.2) is 0 Å². The Morgan fingerprint density at radius 3 is 2.19 bits per heavy atom. The van der Waals surface area contributed by atoms with Gasteiger partial charge in [0.25, 0.3) is 0 Å². The van der Waals surface area contributed by atoms with Crippen molar-refractivity contribution in [1.29, 1.82) is 0 Å². The minimum absolute atomic E-state index is 0.182. The molecule has 0 aliphatic carbocycles. The second kappa shape index (κ2) is 6.31. The SMILES string of the molecule is Cc1occc1C(Br)c1ccc(Cc2ccccc2)cc1. The Balaban J connectivity index is 1.77. The first-order valence-electron chi connectivity index (χ1n) is 7.05. The average Bonchev–Trinajstić information content (AvgIpc) is 2.94. The van der Waals surface area contributed by atoms with E-state index in [1.165, 1.54) is 22.3 Å². The number of hydrogen-bond donors (Lipinski definition) is 0. The van der Waals surface area contributed by atoms with E-state index in [1.807, 2.05) is 13.0 Å². The van der Waals surface area contributed by atoms with Gasteiger partial charge in [0.05, 0.1) is 11.1 Å². The molecule has 3 rings (SSSR count). The van der Waals surface area contributed by atoms with Crippen molar-refractivity contribution in [2.75, 3.05) is 0 Å². The topological polar surface area (TPSA) is 13.1 Å². The van der Waals surface area contributed by atoms with Crippen molar-refractivity contribution in [2.24, 2.45) is 0 Å². The number of rotatable bonds is 4. The molecule has 0 aliphatic heterocycles. The molecule has 0 radical (unpaired) electrons. The first-order chi connectivity index (χ1) is 10.2. The van der Waals surface area contributed by atoms with Gasteiger partial charge in [-0.25, -0.2) is 0 Å². The number of benzene rings is 2. The molecular weight excluding hydrogens is 324 g/mol. The van der Waals surface area contributed by atoms with Gasteiger partial charge in [0, 0.05) is 5.56 Å². The zero-order valence-electron chi connectivity index (χ0n) is 11.9. The Bertz CT molecular complexity index is 698. The van der Waals surface area contributed by atoms with Gasteiger partial charge in [-0.05, 0) is 36.1 Å². The third-order valence-corrected chi connectivity index (χ3v) is 4.72. The van der Waals surface area contributed by atoms with E-state index in [4.69, 9.17) is 4.42 Å². The van der Waals surface area contributed by atoms with Gasteiger partial charge < -0.3 is 4.42 Å². The van der Waals surface area contributed by atoms with Crippen LogP contribution in [0.4, 0.5) is 0 Å². The van der Waals surface area contributed by atoms with Crippen molar-refractivity contribution in [3.8, 4) is 0 Å². The summed E-state index contributed by atoms with van der Waals surface area (Å²) in [5, 5.41) is 0. The molecule has 1 unspecified atom stereocenters. The highest BCUT2D eigenvalue weighted by Gasteiger charge is 2.14. The molecule has 0 N–H and O–H groups in total. The summed E-state index contributed by atoms with van der Waals surface area (Å²) in [6.45, 7) is 1.99. The van der Waals surface area contributed by atoms with Crippen LogP contribution in [0.25, 0.3) is 0 Å². The zero-order chi connectivity index (χ0) is 14.7. The van der Waals surface area contributed by atoms with Gasteiger partial charge in [-0.1, -0.05) is 70.5 Å². The molecule has 0 saturated heterocycles. The highest BCUT2D eigenvalue weighted by molar-refractivity contribution is 9.09.